The van der Waals surface area contributed by atoms with Gasteiger partial charge < -0.3 is 10.1 Å². The fourth-order valence-electron chi connectivity index (χ4n) is 2.83. The van der Waals surface area contributed by atoms with Crippen molar-refractivity contribution in [1.29, 1.82) is 0 Å². The van der Waals surface area contributed by atoms with E-state index in [-0.39, 0.29) is 11.9 Å². The van der Waals surface area contributed by atoms with Crippen molar-refractivity contribution in [2.75, 3.05) is 6.61 Å². The van der Waals surface area contributed by atoms with Gasteiger partial charge in [0.15, 0.2) is 0 Å². The first-order valence-electron chi connectivity index (χ1n) is 7.78. The lowest BCUT2D eigenvalue weighted by atomic mass is 10.0. The van der Waals surface area contributed by atoms with Crippen LogP contribution in [-0.2, 0) is 0 Å². The predicted octanol–water partition coefficient (Wildman–Crippen LogP) is 2.52. The van der Waals surface area contributed by atoms with E-state index < -0.39 is 0 Å². The number of benzene rings is 1. The number of ether oxygens (including phenoxy) is 1. The summed E-state index contributed by atoms with van der Waals surface area (Å²) >= 11 is 0. The molecule has 6 nitrogen and oxygen atoms in total. The number of hydrogen-bond acceptors (Lipinski definition) is 4. The van der Waals surface area contributed by atoms with E-state index in [4.69, 9.17) is 4.74 Å². The normalized spacial score (nSPS) is 16.1. The minimum Gasteiger partial charge on any atom is -0.493 e. The van der Waals surface area contributed by atoms with E-state index >= 15 is 0 Å². The summed E-state index contributed by atoms with van der Waals surface area (Å²) < 4.78 is 7.40. The number of rotatable bonds is 3. The second-order valence-corrected chi connectivity index (χ2v) is 5.57. The molecule has 0 aliphatic carbocycles. The van der Waals surface area contributed by atoms with Crippen molar-refractivity contribution in [3.8, 4) is 11.6 Å². The van der Waals surface area contributed by atoms with Gasteiger partial charge in [-0.2, -0.15) is 0 Å². The van der Waals surface area contributed by atoms with Gasteiger partial charge in [-0.15, -0.1) is 0 Å². The summed E-state index contributed by atoms with van der Waals surface area (Å²) in [4.78, 5) is 20.9. The highest BCUT2D eigenvalue weighted by molar-refractivity contribution is 5.94. The van der Waals surface area contributed by atoms with Crippen LogP contribution in [0.25, 0.3) is 5.82 Å². The molecule has 2 aromatic heterocycles. The Bertz CT molecular complexity index is 861. The number of nitrogens with one attached hydrogen (secondary N) is 1. The quantitative estimate of drug-likeness (QED) is 0.805. The minimum atomic E-state index is -0.125. The zero-order valence-corrected chi connectivity index (χ0v) is 12.9. The average Bonchev–Trinajstić information content (AvgIpc) is 3.17. The third kappa shape index (κ3) is 2.74. The molecule has 0 spiro atoms. The first kappa shape index (κ1) is 14.4. The molecule has 24 heavy (non-hydrogen) atoms. The van der Waals surface area contributed by atoms with Crippen molar-refractivity contribution in [2.45, 2.75) is 12.5 Å². The fraction of sp³-hybridized carbons (Fsp3) is 0.167. The Morgan fingerprint density at radius 2 is 2.17 bits per heavy atom. The van der Waals surface area contributed by atoms with E-state index in [1.807, 2.05) is 24.3 Å². The molecular formula is C18H16N4O2. The van der Waals surface area contributed by atoms with E-state index in [9.17, 15) is 4.79 Å². The molecule has 6 heteroatoms. The molecule has 4 rings (SSSR count). The van der Waals surface area contributed by atoms with E-state index in [0.717, 1.165) is 17.7 Å². The Hall–Kier alpha value is -3.15. The van der Waals surface area contributed by atoms with E-state index in [1.165, 1.54) is 0 Å². The van der Waals surface area contributed by atoms with Gasteiger partial charge in [0.1, 0.15) is 17.9 Å². The molecule has 1 aliphatic rings. The van der Waals surface area contributed by atoms with Crippen molar-refractivity contribution >= 4 is 5.91 Å². The standard InChI is InChI=1S/C18H16N4O2/c23-18(13-5-7-20-17(11-13)22-9-8-19-12-22)21-15-6-10-24-16-4-2-1-3-14(15)16/h1-5,7-9,11-12,15H,6,10H2,(H,21,23)/t15-/m1/s1. The van der Waals surface area contributed by atoms with Gasteiger partial charge >= 0.3 is 0 Å². The summed E-state index contributed by atoms with van der Waals surface area (Å²) in [5.74, 6) is 1.37. The molecule has 0 fully saturated rings. The van der Waals surface area contributed by atoms with Crippen LogP contribution >= 0.6 is 0 Å². The van der Waals surface area contributed by atoms with Gasteiger partial charge in [0.05, 0.1) is 12.6 Å². The maximum atomic E-state index is 12.6. The molecule has 1 N–H and O–H groups in total. The molecule has 0 saturated heterocycles. The van der Waals surface area contributed by atoms with Crippen molar-refractivity contribution in [1.82, 2.24) is 19.9 Å². The lowest BCUT2D eigenvalue weighted by Crippen LogP contribution is -2.32. The Balaban J connectivity index is 1.56. The lowest BCUT2D eigenvalue weighted by molar-refractivity contribution is 0.0924. The van der Waals surface area contributed by atoms with Crippen LogP contribution in [0.4, 0.5) is 0 Å². The summed E-state index contributed by atoms with van der Waals surface area (Å²) in [6.07, 6.45) is 7.50. The number of hydrogen-bond donors (Lipinski definition) is 1. The first-order chi connectivity index (χ1) is 11.8. The molecular weight excluding hydrogens is 304 g/mol. The number of nitrogens with zero attached hydrogens (tertiary/aromatic N) is 3. The Morgan fingerprint density at radius 1 is 1.25 bits per heavy atom. The molecule has 0 saturated carbocycles. The monoisotopic (exact) mass is 320 g/mol. The van der Waals surface area contributed by atoms with Gasteiger partial charge in [0.25, 0.3) is 5.91 Å². The number of para-hydroxylation sites is 1. The van der Waals surface area contributed by atoms with Gasteiger partial charge in [-0.05, 0) is 18.2 Å². The van der Waals surface area contributed by atoms with Gasteiger partial charge in [-0.1, -0.05) is 18.2 Å². The van der Waals surface area contributed by atoms with Crippen molar-refractivity contribution < 1.29 is 9.53 Å². The Kier molecular flexibility index (Phi) is 3.70. The van der Waals surface area contributed by atoms with Gasteiger partial charge in [0, 0.05) is 36.1 Å². The van der Waals surface area contributed by atoms with Crippen LogP contribution in [0.1, 0.15) is 28.4 Å². The van der Waals surface area contributed by atoms with E-state index in [1.54, 1.807) is 41.6 Å². The predicted molar refractivity (Wildman–Crippen MR) is 88.1 cm³/mol. The number of pyridine rings is 1. The second-order valence-electron chi connectivity index (χ2n) is 5.57. The number of carbonyl (C=O) groups is 1. The number of aromatic nitrogens is 3. The number of amides is 1. The van der Waals surface area contributed by atoms with Gasteiger partial charge in [0.2, 0.25) is 0 Å². The average molecular weight is 320 g/mol. The van der Waals surface area contributed by atoms with E-state index in [0.29, 0.717) is 18.0 Å². The molecule has 0 unspecified atom stereocenters. The number of fused-ring (bicyclic) bond motifs is 1. The Morgan fingerprint density at radius 3 is 3.04 bits per heavy atom. The third-order valence-electron chi connectivity index (χ3n) is 4.04. The molecule has 1 atom stereocenters. The lowest BCUT2D eigenvalue weighted by Gasteiger charge is -2.26. The number of imidazole rings is 1. The summed E-state index contributed by atoms with van der Waals surface area (Å²) in [6, 6.07) is 11.2. The van der Waals surface area contributed by atoms with E-state index in [2.05, 4.69) is 15.3 Å². The van der Waals surface area contributed by atoms with Gasteiger partial charge in [-0.25, -0.2) is 9.97 Å². The van der Waals surface area contributed by atoms with Crippen LogP contribution in [0.3, 0.4) is 0 Å². The molecule has 120 valence electrons. The highest BCUT2D eigenvalue weighted by Gasteiger charge is 2.23. The summed E-state index contributed by atoms with van der Waals surface area (Å²) in [5.41, 5.74) is 1.58. The summed E-state index contributed by atoms with van der Waals surface area (Å²) in [7, 11) is 0. The zero-order valence-electron chi connectivity index (χ0n) is 12.9. The maximum absolute atomic E-state index is 12.6. The second kappa shape index (κ2) is 6.16. The van der Waals surface area contributed by atoms with Crippen LogP contribution in [0.15, 0.2) is 61.3 Å². The molecule has 3 heterocycles. The Labute approximate surface area is 139 Å². The smallest absolute Gasteiger partial charge is 0.251 e. The molecule has 0 bridgehead atoms. The third-order valence-corrected chi connectivity index (χ3v) is 4.04. The molecule has 1 amide bonds. The van der Waals surface area contributed by atoms with Crippen molar-refractivity contribution in [3.63, 3.8) is 0 Å². The minimum absolute atomic E-state index is 0.0488. The van der Waals surface area contributed by atoms with Crippen LogP contribution in [0.2, 0.25) is 0 Å². The van der Waals surface area contributed by atoms with Crippen LogP contribution < -0.4 is 10.1 Å². The maximum Gasteiger partial charge on any atom is 0.251 e. The SMILES string of the molecule is O=C(N[C@@H]1CCOc2ccccc21)c1ccnc(-n2ccnc2)c1. The van der Waals surface area contributed by atoms with Crippen molar-refractivity contribution in [2.24, 2.45) is 0 Å². The largest absolute Gasteiger partial charge is 0.493 e. The molecule has 1 aromatic carbocycles. The topological polar surface area (TPSA) is 69.0 Å². The highest BCUT2D eigenvalue weighted by atomic mass is 16.5. The van der Waals surface area contributed by atoms with Crippen LogP contribution in [-0.4, -0.2) is 27.0 Å². The van der Waals surface area contributed by atoms with Crippen LogP contribution in [0, 0.1) is 0 Å². The summed E-state index contributed by atoms with van der Waals surface area (Å²) in [5, 5.41) is 3.09. The zero-order chi connectivity index (χ0) is 16.4. The van der Waals surface area contributed by atoms with Crippen LogP contribution in [0.5, 0.6) is 5.75 Å². The molecule has 1 aliphatic heterocycles. The fourth-order valence-corrected chi connectivity index (χ4v) is 2.83. The first-order valence-corrected chi connectivity index (χ1v) is 7.78. The van der Waals surface area contributed by atoms with Crippen molar-refractivity contribution in [3.05, 3.63) is 72.4 Å². The summed E-state index contributed by atoms with van der Waals surface area (Å²) in [6.45, 7) is 0.596. The highest BCUT2D eigenvalue weighted by Crippen LogP contribution is 2.31. The molecule has 3 aromatic rings. The molecule has 0 radical (unpaired) electrons. The number of carbonyl (C=O) groups excluding carboxylic acids is 1. The van der Waals surface area contributed by atoms with Gasteiger partial charge in [-0.3, -0.25) is 9.36 Å².